The topological polar surface area (TPSA) is 46.5 Å². The quantitative estimate of drug-likeness (QED) is 0.258. The molecule has 0 amide bonds. The summed E-state index contributed by atoms with van der Waals surface area (Å²) in [5, 5.41) is 9.43. The maximum absolute atomic E-state index is 11.0. The van der Waals surface area contributed by atoms with Crippen LogP contribution in [-0.4, -0.2) is 24.3 Å². The van der Waals surface area contributed by atoms with Gasteiger partial charge in [-0.1, -0.05) is 70.4 Å². The van der Waals surface area contributed by atoms with Crippen molar-refractivity contribution in [1.29, 1.82) is 0 Å². The minimum atomic E-state index is -0.938. The molecule has 0 aliphatic rings. The van der Waals surface area contributed by atoms with Crippen molar-refractivity contribution in [1.82, 2.24) is 0 Å². The van der Waals surface area contributed by atoms with Crippen LogP contribution in [0.25, 0.3) is 0 Å². The predicted octanol–water partition coefficient (Wildman–Crippen LogP) is 5.17. The average Bonchev–Trinajstić information content (AvgIpc) is 2.54. The van der Waals surface area contributed by atoms with E-state index in [0.29, 0.717) is 6.42 Å². The number of aliphatic hydroxyl groups excluding tert-OH is 1. The molecule has 0 radical (unpaired) electrons. The molecule has 1 N–H and O–H groups in total. The Morgan fingerprint density at radius 1 is 0.909 bits per heavy atom. The van der Waals surface area contributed by atoms with Crippen LogP contribution in [0.15, 0.2) is 12.2 Å². The van der Waals surface area contributed by atoms with Gasteiger partial charge in [-0.3, -0.25) is 0 Å². The van der Waals surface area contributed by atoms with Crippen molar-refractivity contribution in [2.75, 3.05) is 7.11 Å². The monoisotopic (exact) mass is 312 g/mol. The molecule has 0 spiro atoms. The normalized spacial score (nSPS) is 12.7. The maximum atomic E-state index is 11.0. The first-order valence-electron chi connectivity index (χ1n) is 9.13. The highest BCUT2D eigenvalue weighted by molar-refractivity contribution is 5.74. The molecule has 0 saturated carbocycles. The molecule has 3 nitrogen and oxygen atoms in total. The van der Waals surface area contributed by atoms with Crippen molar-refractivity contribution in [3.63, 3.8) is 0 Å². The summed E-state index contributed by atoms with van der Waals surface area (Å²) in [5.41, 5.74) is 0. The Morgan fingerprint density at radius 3 is 1.95 bits per heavy atom. The first kappa shape index (κ1) is 21.2. The van der Waals surface area contributed by atoms with Crippen LogP contribution >= 0.6 is 0 Å². The third-order valence-electron chi connectivity index (χ3n) is 3.96. The third-order valence-corrected chi connectivity index (χ3v) is 3.96. The summed E-state index contributed by atoms with van der Waals surface area (Å²) in [5.74, 6) is -0.513. The van der Waals surface area contributed by atoms with E-state index in [9.17, 15) is 9.90 Å². The lowest BCUT2D eigenvalue weighted by atomic mass is 10.1. The lowest BCUT2D eigenvalue weighted by Crippen LogP contribution is -2.21. The molecule has 1 atom stereocenters. The Labute approximate surface area is 137 Å². The van der Waals surface area contributed by atoms with Crippen molar-refractivity contribution >= 4 is 5.97 Å². The molecule has 3 heteroatoms. The summed E-state index contributed by atoms with van der Waals surface area (Å²) in [6.45, 7) is 2.25. The van der Waals surface area contributed by atoms with Gasteiger partial charge in [-0.15, -0.1) is 0 Å². The van der Waals surface area contributed by atoms with Gasteiger partial charge in [-0.25, -0.2) is 4.79 Å². The standard InChI is InChI=1S/C19H36O3/c1-3-4-5-6-7-8-9-10-11-12-13-14-15-16-17-18(20)19(21)22-2/h8-9,18,20H,3-7,10-17H2,1-2H3/b9-8+/t18-/m1/s1. The van der Waals surface area contributed by atoms with Crippen LogP contribution in [-0.2, 0) is 9.53 Å². The number of esters is 1. The third kappa shape index (κ3) is 14.1. The van der Waals surface area contributed by atoms with E-state index in [2.05, 4.69) is 23.8 Å². The van der Waals surface area contributed by atoms with Gasteiger partial charge >= 0.3 is 5.97 Å². The first-order valence-corrected chi connectivity index (χ1v) is 9.13. The van der Waals surface area contributed by atoms with Gasteiger partial charge in [0, 0.05) is 0 Å². The number of unbranched alkanes of at least 4 members (excludes halogenated alkanes) is 10. The van der Waals surface area contributed by atoms with Crippen LogP contribution in [0.1, 0.15) is 90.4 Å². The van der Waals surface area contributed by atoms with E-state index in [-0.39, 0.29) is 0 Å². The van der Waals surface area contributed by atoms with Crippen molar-refractivity contribution < 1.29 is 14.6 Å². The van der Waals surface area contributed by atoms with Crippen molar-refractivity contribution in [3.8, 4) is 0 Å². The zero-order chi connectivity index (χ0) is 16.5. The Hall–Kier alpha value is -0.830. The molecule has 130 valence electrons. The zero-order valence-corrected chi connectivity index (χ0v) is 14.7. The second-order valence-electron chi connectivity index (χ2n) is 6.06. The van der Waals surface area contributed by atoms with Gasteiger partial charge in [0.1, 0.15) is 0 Å². The second-order valence-corrected chi connectivity index (χ2v) is 6.06. The smallest absolute Gasteiger partial charge is 0.334 e. The zero-order valence-electron chi connectivity index (χ0n) is 14.7. The van der Waals surface area contributed by atoms with Gasteiger partial charge in [-0.05, 0) is 32.1 Å². The van der Waals surface area contributed by atoms with E-state index < -0.39 is 12.1 Å². The van der Waals surface area contributed by atoms with Gasteiger partial charge in [0.05, 0.1) is 7.11 Å². The van der Waals surface area contributed by atoms with Crippen LogP contribution in [0.5, 0.6) is 0 Å². The molecule has 0 aliphatic heterocycles. The molecular formula is C19H36O3. The van der Waals surface area contributed by atoms with Gasteiger partial charge in [0.2, 0.25) is 0 Å². The van der Waals surface area contributed by atoms with Crippen molar-refractivity contribution in [3.05, 3.63) is 12.2 Å². The van der Waals surface area contributed by atoms with Crippen LogP contribution in [0.3, 0.4) is 0 Å². The number of hydrogen-bond donors (Lipinski definition) is 1. The fourth-order valence-electron chi connectivity index (χ4n) is 2.49. The summed E-state index contributed by atoms with van der Waals surface area (Å²) in [6, 6.07) is 0. The molecule has 0 aromatic rings. The molecule has 0 unspecified atom stereocenters. The molecule has 0 heterocycles. The second kappa shape index (κ2) is 16.5. The summed E-state index contributed by atoms with van der Waals surface area (Å²) in [4.78, 5) is 11.0. The Bertz CT molecular complexity index is 274. The number of hydrogen-bond acceptors (Lipinski definition) is 3. The molecule has 22 heavy (non-hydrogen) atoms. The summed E-state index contributed by atoms with van der Waals surface area (Å²) < 4.78 is 4.49. The Kier molecular flexibility index (Phi) is 15.9. The fraction of sp³-hybridized carbons (Fsp3) is 0.842. The maximum Gasteiger partial charge on any atom is 0.334 e. The van der Waals surface area contributed by atoms with Crippen LogP contribution in [0.4, 0.5) is 0 Å². The molecule has 0 aromatic heterocycles. The molecule has 0 rings (SSSR count). The van der Waals surface area contributed by atoms with Crippen molar-refractivity contribution in [2.45, 2.75) is 96.5 Å². The number of ether oxygens (including phenoxy) is 1. The fourth-order valence-corrected chi connectivity index (χ4v) is 2.49. The minimum absolute atomic E-state index is 0.513. The number of carbonyl (C=O) groups excluding carboxylic acids is 1. The highest BCUT2D eigenvalue weighted by atomic mass is 16.5. The molecule has 0 aliphatic carbocycles. The molecule has 0 saturated heterocycles. The number of carbonyl (C=O) groups is 1. The lowest BCUT2D eigenvalue weighted by molar-refractivity contribution is -0.150. The van der Waals surface area contributed by atoms with Crippen LogP contribution < -0.4 is 0 Å². The Balaban J connectivity index is 3.20. The number of aliphatic hydroxyl groups is 1. The summed E-state index contributed by atoms with van der Waals surface area (Å²) in [6.07, 6.45) is 19.0. The largest absolute Gasteiger partial charge is 0.467 e. The van der Waals surface area contributed by atoms with E-state index in [0.717, 1.165) is 12.8 Å². The average molecular weight is 312 g/mol. The van der Waals surface area contributed by atoms with E-state index >= 15 is 0 Å². The molecule has 0 aromatic carbocycles. The number of rotatable bonds is 15. The SMILES string of the molecule is CCCCCC/C=C/CCCCCCCC[C@@H](O)C(=O)OC. The molecule has 0 bridgehead atoms. The van der Waals surface area contributed by atoms with Gasteiger partial charge in [-0.2, -0.15) is 0 Å². The Morgan fingerprint density at radius 2 is 1.41 bits per heavy atom. The van der Waals surface area contributed by atoms with Crippen molar-refractivity contribution in [2.24, 2.45) is 0 Å². The first-order chi connectivity index (χ1) is 10.7. The van der Waals surface area contributed by atoms with Gasteiger partial charge < -0.3 is 9.84 Å². The summed E-state index contributed by atoms with van der Waals surface area (Å²) >= 11 is 0. The molecular weight excluding hydrogens is 276 g/mol. The van der Waals surface area contributed by atoms with Gasteiger partial charge in [0.25, 0.3) is 0 Å². The van der Waals surface area contributed by atoms with E-state index in [4.69, 9.17) is 0 Å². The van der Waals surface area contributed by atoms with Crippen LogP contribution in [0.2, 0.25) is 0 Å². The number of allylic oxidation sites excluding steroid dienone is 2. The highest BCUT2D eigenvalue weighted by Crippen LogP contribution is 2.11. The lowest BCUT2D eigenvalue weighted by Gasteiger charge is -2.07. The molecule has 0 fully saturated rings. The summed E-state index contributed by atoms with van der Waals surface area (Å²) in [7, 11) is 1.31. The van der Waals surface area contributed by atoms with E-state index in [1.165, 1.54) is 71.3 Å². The number of methoxy groups -OCH3 is 1. The van der Waals surface area contributed by atoms with Gasteiger partial charge in [0.15, 0.2) is 6.10 Å². The van der Waals surface area contributed by atoms with E-state index in [1.807, 2.05) is 0 Å². The highest BCUT2D eigenvalue weighted by Gasteiger charge is 2.13. The van der Waals surface area contributed by atoms with E-state index in [1.54, 1.807) is 0 Å². The predicted molar refractivity (Wildman–Crippen MR) is 92.9 cm³/mol. The minimum Gasteiger partial charge on any atom is -0.467 e. The van der Waals surface area contributed by atoms with Crippen LogP contribution in [0, 0.1) is 0 Å².